The standard InChI is InChI=1S/C21H15N7O/c29-21(15-7-11-17(12-8-15)28-13-22-26-27-28)23-16-9-5-14(6-10-16)20-24-18-3-1-2-4-19(18)25-20/h1-13H,(H,23,29)(H,24,25). The number of nitrogens with one attached hydrogen (secondary N) is 2. The third kappa shape index (κ3) is 3.34. The number of tetrazole rings is 1. The number of aromatic amines is 1. The molecule has 2 aromatic heterocycles. The Balaban J connectivity index is 1.31. The van der Waals surface area contributed by atoms with E-state index in [0.29, 0.717) is 11.3 Å². The SMILES string of the molecule is O=C(Nc1ccc(-c2nc3ccccc3[nH]2)cc1)c1ccc(-n2cnnn2)cc1. The molecule has 0 unspecified atom stereocenters. The Kier molecular flexibility index (Phi) is 4.06. The molecule has 0 fully saturated rings. The second kappa shape index (κ2) is 7.01. The van der Waals surface area contributed by atoms with Crippen molar-refractivity contribution in [2.24, 2.45) is 0 Å². The van der Waals surface area contributed by atoms with Gasteiger partial charge in [0.05, 0.1) is 16.7 Å². The summed E-state index contributed by atoms with van der Waals surface area (Å²) in [6, 6.07) is 22.5. The van der Waals surface area contributed by atoms with Gasteiger partial charge in [-0.25, -0.2) is 9.67 Å². The van der Waals surface area contributed by atoms with E-state index in [9.17, 15) is 4.79 Å². The zero-order valence-electron chi connectivity index (χ0n) is 15.1. The molecule has 0 radical (unpaired) electrons. The van der Waals surface area contributed by atoms with Gasteiger partial charge in [-0.15, -0.1) is 5.10 Å². The summed E-state index contributed by atoms with van der Waals surface area (Å²) in [5, 5.41) is 13.9. The summed E-state index contributed by atoms with van der Waals surface area (Å²) in [6.07, 6.45) is 1.50. The van der Waals surface area contributed by atoms with Gasteiger partial charge in [-0.1, -0.05) is 12.1 Å². The number of benzene rings is 3. The highest BCUT2D eigenvalue weighted by Crippen LogP contribution is 2.22. The molecule has 5 rings (SSSR count). The molecule has 0 saturated carbocycles. The highest BCUT2D eigenvalue weighted by Gasteiger charge is 2.09. The summed E-state index contributed by atoms with van der Waals surface area (Å²) >= 11 is 0. The Hall–Kier alpha value is -4.33. The highest BCUT2D eigenvalue weighted by atomic mass is 16.1. The van der Waals surface area contributed by atoms with Crippen LogP contribution in [0.25, 0.3) is 28.1 Å². The van der Waals surface area contributed by atoms with E-state index in [4.69, 9.17) is 0 Å². The van der Waals surface area contributed by atoms with Crippen molar-refractivity contribution in [3.05, 3.63) is 84.7 Å². The third-order valence-electron chi connectivity index (χ3n) is 4.55. The van der Waals surface area contributed by atoms with Gasteiger partial charge >= 0.3 is 0 Å². The van der Waals surface area contributed by atoms with Crippen molar-refractivity contribution < 1.29 is 4.79 Å². The quantitative estimate of drug-likeness (QED) is 0.496. The van der Waals surface area contributed by atoms with Crippen molar-refractivity contribution in [3.63, 3.8) is 0 Å². The van der Waals surface area contributed by atoms with Crippen LogP contribution in [0, 0.1) is 0 Å². The van der Waals surface area contributed by atoms with Crippen molar-refractivity contribution >= 4 is 22.6 Å². The molecule has 0 aliphatic heterocycles. The number of hydrogen-bond donors (Lipinski definition) is 2. The zero-order chi connectivity index (χ0) is 19.6. The average Bonchev–Trinajstić information content (AvgIpc) is 3.44. The number of rotatable bonds is 4. The van der Waals surface area contributed by atoms with E-state index in [0.717, 1.165) is 28.1 Å². The third-order valence-corrected chi connectivity index (χ3v) is 4.55. The fourth-order valence-electron chi connectivity index (χ4n) is 3.05. The van der Waals surface area contributed by atoms with Crippen LogP contribution in [0.4, 0.5) is 5.69 Å². The van der Waals surface area contributed by atoms with Crippen LogP contribution < -0.4 is 5.32 Å². The van der Waals surface area contributed by atoms with Gasteiger partial charge in [0, 0.05) is 16.8 Å². The molecule has 0 saturated heterocycles. The Morgan fingerprint density at radius 2 is 1.72 bits per heavy atom. The maximum atomic E-state index is 12.5. The first kappa shape index (κ1) is 16.8. The predicted octanol–water partition coefficient (Wildman–Crippen LogP) is 3.46. The van der Waals surface area contributed by atoms with Crippen LogP contribution in [0.1, 0.15) is 10.4 Å². The molecule has 29 heavy (non-hydrogen) atoms. The predicted molar refractivity (Wildman–Crippen MR) is 109 cm³/mol. The molecule has 2 N–H and O–H groups in total. The lowest BCUT2D eigenvalue weighted by Crippen LogP contribution is -2.11. The van der Waals surface area contributed by atoms with E-state index in [1.54, 1.807) is 24.3 Å². The van der Waals surface area contributed by atoms with Crippen LogP contribution in [-0.4, -0.2) is 36.1 Å². The number of para-hydroxylation sites is 2. The van der Waals surface area contributed by atoms with Crippen LogP contribution >= 0.6 is 0 Å². The molecule has 3 aromatic carbocycles. The van der Waals surface area contributed by atoms with E-state index in [2.05, 4.69) is 30.8 Å². The number of imidazole rings is 1. The average molecular weight is 381 g/mol. The van der Waals surface area contributed by atoms with Gasteiger partial charge in [-0.05, 0) is 71.1 Å². The normalized spacial score (nSPS) is 10.9. The smallest absolute Gasteiger partial charge is 0.255 e. The van der Waals surface area contributed by atoms with Crippen LogP contribution in [-0.2, 0) is 0 Å². The van der Waals surface area contributed by atoms with Crippen molar-refractivity contribution in [3.8, 4) is 17.1 Å². The molecule has 0 atom stereocenters. The fraction of sp³-hybridized carbons (Fsp3) is 0. The van der Waals surface area contributed by atoms with Crippen LogP contribution in [0.15, 0.2) is 79.1 Å². The molecule has 1 amide bonds. The number of carbonyl (C=O) groups is 1. The minimum atomic E-state index is -0.190. The Bertz CT molecular complexity index is 1240. The Morgan fingerprint density at radius 3 is 2.45 bits per heavy atom. The van der Waals surface area contributed by atoms with E-state index in [-0.39, 0.29) is 5.91 Å². The maximum absolute atomic E-state index is 12.5. The number of aromatic nitrogens is 6. The summed E-state index contributed by atoms with van der Waals surface area (Å²) in [4.78, 5) is 20.4. The second-order valence-corrected chi connectivity index (χ2v) is 6.44. The number of H-pyrrole nitrogens is 1. The lowest BCUT2D eigenvalue weighted by atomic mass is 10.1. The van der Waals surface area contributed by atoms with Crippen LogP contribution in [0.2, 0.25) is 0 Å². The number of carbonyl (C=O) groups excluding carboxylic acids is 1. The number of anilines is 1. The maximum Gasteiger partial charge on any atom is 0.255 e. The molecular weight excluding hydrogens is 366 g/mol. The van der Waals surface area contributed by atoms with Crippen LogP contribution in [0.3, 0.4) is 0 Å². The molecule has 2 heterocycles. The summed E-state index contributed by atoms with van der Waals surface area (Å²) in [5.41, 5.74) is 4.89. The Labute approximate surface area is 165 Å². The van der Waals surface area contributed by atoms with E-state index in [1.165, 1.54) is 11.0 Å². The molecule has 8 nitrogen and oxygen atoms in total. The molecule has 0 spiro atoms. The molecule has 8 heteroatoms. The van der Waals surface area contributed by atoms with Gasteiger partial charge in [0.15, 0.2) is 0 Å². The molecule has 0 aliphatic carbocycles. The van der Waals surface area contributed by atoms with Crippen molar-refractivity contribution in [1.82, 2.24) is 30.2 Å². The van der Waals surface area contributed by atoms with Crippen molar-refractivity contribution in [1.29, 1.82) is 0 Å². The van der Waals surface area contributed by atoms with Gasteiger partial charge in [0.25, 0.3) is 5.91 Å². The summed E-state index contributed by atoms with van der Waals surface area (Å²) < 4.78 is 1.53. The number of amides is 1. The molecule has 140 valence electrons. The monoisotopic (exact) mass is 381 g/mol. The molecule has 0 aliphatic rings. The molecule has 0 bridgehead atoms. The van der Waals surface area contributed by atoms with E-state index >= 15 is 0 Å². The summed E-state index contributed by atoms with van der Waals surface area (Å²) in [5.74, 6) is 0.604. The second-order valence-electron chi connectivity index (χ2n) is 6.44. The van der Waals surface area contributed by atoms with Gasteiger partial charge in [0.1, 0.15) is 12.2 Å². The lowest BCUT2D eigenvalue weighted by molar-refractivity contribution is 0.102. The number of hydrogen-bond acceptors (Lipinski definition) is 5. The van der Waals surface area contributed by atoms with E-state index in [1.807, 2.05) is 48.5 Å². The number of nitrogens with zero attached hydrogens (tertiary/aromatic N) is 5. The van der Waals surface area contributed by atoms with Crippen LogP contribution in [0.5, 0.6) is 0 Å². The summed E-state index contributed by atoms with van der Waals surface area (Å²) in [7, 11) is 0. The minimum absolute atomic E-state index is 0.190. The topological polar surface area (TPSA) is 101 Å². The molecular formula is C21H15N7O. The first-order valence-corrected chi connectivity index (χ1v) is 8.96. The van der Waals surface area contributed by atoms with Gasteiger partial charge in [0.2, 0.25) is 0 Å². The minimum Gasteiger partial charge on any atom is -0.338 e. The van der Waals surface area contributed by atoms with Gasteiger partial charge in [-0.3, -0.25) is 4.79 Å². The lowest BCUT2D eigenvalue weighted by Gasteiger charge is -2.07. The van der Waals surface area contributed by atoms with Crippen molar-refractivity contribution in [2.45, 2.75) is 0 Å². The first-order valence-electron chi connectivity index (χ1n) is 8.96. The Morgan fingerprint density at radius 1 is 0.931 bits per heavy atom. The molecule has 5 aromatic rings. The first-order chi connectivity index (χ1) is 14.3. The fourth-order valence-corrected chi connectivity index (χ4v) is 3.05. The van der Waals surface area contributed by atoms with Gasteiger partial charge < -0.3 is 10.3 Å². The zero-order valence-corrected chi connectivity index (χ0v) is 15.1. The highest BCUT2D eigenvalue weighted by molar-refractivity contribution is 6.04. The van der Waals surface area contributed by atoms with Gasteiger partial charge in [-0.2, -0.15) is 0 Å². The van der Waals surface area contributed by atoms with Crippen molar-refractivity contribution in [2.75, 3.05) is 5.32 Å². The number of fused-ring (bicyclic) bond motifs is 1. The summed E-state index contributed by atoms with van der Waals surface area (Å²) in [6.45, 7) is 0. The largest absolute Gasteiger partial charge is 0.338 e. The van der Waals surface area contributed by atoms with E-state index < -0.39 is 0 Å².